The summed E-state index contributed by atoms with van der Waals surface area (Å²) in [6.45, 7) is 0.614. The van der Waals surface area contributed by atoms with Crippen molar-refractivity contribution in [3.8, 4) is 5.75 Å². The molecule has 1 saturated heterocycles. The van der Waals surface area contributed by atoms with Crippen molar-refractivity contribution in [2.24, 2.45) is 0 Å². The zero-order valence-electron chi connectivity index (χ0n) is 10.1. The Morgan fingerprint density at radius 2 is 2.28 bits per heavy atom. The summed E-state index contributed by atoms with van der Waals surface area (Å²) in [7, 11) is -1.19. The fourth-order valence-electron chi connectivity index (χ4n) is 2.10. The van der Waals surface area contributed by atoms with E-state index >= 15 is 0 Å². The SMILES string of the molecule is COc1ccc(Br)cc1CNC1CCS(=O)(=O)C1. The molecule has 6 heteroatoms. The lowest BCUT2D eigenvalue weighted by Crippen LogP contribution is -2.29. The maximum Gasteiger partial charge on any atom is 0.151 e. The van der Waals surface area contributed by atoms with Crippen molar-refractivity contribution in [1.82, 2.24) is 5.32 Å². The molecule has 0 bridgehead atoms. The number of methoxy groups -OCH3 is 1. The van der Waals surface area contributed by atoms with Crippen LogP contribution >= 0.6 is 15.9 Å². The third kappa shape index (κ3) is 3.46. The maximum atomic E-state index is 11.4. The summed E-state index contributed by atoms with van der Waals surface area (Å²) >= 11 is 3.42. The highest BCUT2D eigenvalue weighted by Gasteiger charge is 2.27. The van der Waals surface area contributed by atoms with Gasteiger partial charge in [0.25, 0.3) is 0 Å². The van der Waals surface area contributed by atoms with Crippen molar-refractivity contribution >= 4 is 25.8 Å². The van der Waals surface area contributed by atoms with E-state index in [9.17, 15) is 8.42 Å². The molecule has 0 radical (unpaired) electrons. The van der Waals surface area contributed by atoms with Gasteiger partial charge in [-0.1, -0.05) is 15.9 Å². The summed E-state index contributed by atoms with van der Waals surface area (Å²) in [6.07, 6.45) is 0.693. The van der Waals surface area contributed by atoms with Gasteiger partial charge >= 0.3 is 0 Å². The Balaban J connectivity index is 2.00. The van der Waals surface area contributed by atoms with Crippen molar-refractivity contribution in [3.05, 3.63) is 28.2 Å². The van der Waals surface area contributed by atoms with Gasteiger partial charge in [-0.25, -0.2) is 8.42 Å². The first kappa shape index (κ1) is 13.8. The van der Waals surface area contributed by atoms with Crippen LogP contribution in [0.2, 0.25) is 0 Å². The van der Waals surface area contributed by atoms with Gasteiger partial charge in [0, 0.05) is 22.6 Å². The first-order chi connectivity index (χ1) is 8.50. The first-order valence-electron chi connectivity index (χ1n) is 5.76. The number of halogens is 1. The molecule has 0 saturated carbocycles. The smallest absolute Gasteiger partial charge is 0.151 e. The first-order valence-corrected chi connectivity index (χ1v) is 8.38. The molecule has 0 spiro atoms. The van der Waals surface area contributed by atoms with Gasteiger partial charge in [-0.05, 0) is 24.6 Å². The molecule has 18 heavy (non-hydrogen) atoms. The predicted molar refractivity (Wildman–Crippen MR) is 74.6 cm³/mol. The molecule has 0 aliphatic carbocycles. The second-order valence-corrected chi connectivity index (χ2v) is 7.58. The van der Waals surface area contributed by atoms with Gasteiger partial charge < -0.3 is 10.1 Å². The van der Waals surface area contributed by atoms with Gasteiger partial charge in [-0.3, -0.25) is 0 Å². The van der Waals surface area contributed by atoms with Crippen LogP contribution in [0.15, 0.2) is 22.7 Å². The van der Waals surface area contributed by atoms with Crippen molar-refractivity contribution < 1.29 is 13.2 Å². The molecule has 1 aliphatic heterocycles. The van der Waals surface area contributed by atoms with E-state index in [0.717, 1.165) is 15.8 Å². The van der Waals surface area contributed by atoms with E-state index in [1.807, 2.05) is 18.2 Å². The summed E-state index contributed by atoms with van der Waals surface area (Å²) in [5, 5.41) is 3.28. The minimum absolute atomic E-state index is 0.0543. The fraction of sp³-hybridized carbons (Fsp3) is 0.500. The molecule has 1 heterocycles. The third-order valence-electron chi connectivity index (χ3n) is 3.06. The highest BCUT2D eigenvalue weighted by atomic mass is 79.9. The number of nitrogens with one attached hydrogen (secondary N) is 1. The molecule has 1 atom stereocenters. The number of hydrogen-bond donors (Lipinski definition) is 1. The highest BCUT2D eigenvalue weighted by molar-refractivity contribution is 9.10. The van der Waals surface area contributed by atoms with E-state index in [1.165, 1.54) is 0 Å². The third-order valence-corrected chi connectivity index (χ3v) is 5.32. The molecule has 1 unspecified atom stereocenters. The van der Waals surface area contributed by atoms with Crippen molar-refractivity contribution in [2.75, 3.05) is 18.6 Å². The lowest BCUT2D eigenvalue weighted by molar-refractivity contribution is 0.406. The highest BCUT2D eigenvalue weighted by Crippen LogP contribution is 2.23. The number of sulfone groups is 1. The van der Waals surface area contributed by atoms with Gasteiger partial charge in [0.1, 0.15) is 5.75 Å². The standard InChI is InChI=1S/C12H16BrNO3S/c1-17-12-3-2-10(13)6-9(12)7-14-11-4-5-18(15,16)8-11/h2-3,6,11,14H,4-5,7-8H2,1H3. The second kappa shape index (κ2) is 5.59. The molecular weight excluding hydrogens is 318 g/mol. The molecule has 1 N–H and O–H groups in total. The van der Waals surface area contributed by atoms with Crippen molar-refractivity contribution in [1.29, 1.82) is 0 Å². The van der Waals surface area contributed by atoms with E-state index in [2.05, 4.69) is 21.2 Å². The van der Waals surface area contributed by atoms with Gasteiger partial charge in [-0.15, -0.1) is 0 Å². The minimum Gasteiger partial charge on any atom is -0.496 e. The summed E-state index contributed by atoms with van der Waals surface area (Å²) in [4.78, 5) is 0. The summed E-state index contributed by atoms with van der Waals surface area (Å²) in [5.41, 5.74) is 1.02. The summed E-state index contributed by atoms with van der Waals surface area (Å²) < 4.78 is 29.0. The molecule has 1 aromatic rings. The lowest BCUT2D eigenvalue weighted by atomic mass is 10.2. The molecule has 1 aromatic carbocycles. The second-order valence-electron chi connectivity index (χ2n) is 4.44. The Kier molecular flexibility index (Phi) is 4.29. The molecule has 100 valence electrons. The molecular formula is C12H16BrNO3S. The quantitative estimate of drug-likeness (QED) is 0.911. The molecule has 0 amide bonds. The van der Waals surface area contributed by atoms with Crippen LogP contribution in [0.5, 0.6) is 5.75 Å². The van der Waals surface area contributed by atoms with E-state index in [0.29, 0.717) is 18.7 Å². The van der Waals surface area contributed by atoms with Crippen molar-refractivity contribution in [2.45, 2.75) is 19.0 Å². The predicted octanol–water partition coefficient (Wildman–Crippen LogP) is 1.73. The van der Waals surface area contributed by atoms with Crippen LogP contribution in [0.25, 0.3) is 0 Å². The van der Waals surface area contributed by atoms with E-state index < -0.39 is 9.84 Å². The monoisotopic (exact) mass is 333 g/mol. The Morgan fingerprint density at radius 3 is 2.89 bits per heavy atom. The van der Waals surface area contributed by atoms with Crippen LogP contribution in [-0.2, 0) is 16.4 Å². The molecule has 1 aliphatic rings. The van der Waals surface area contributed by atoms with Gasteiger partial charge in [0.2, 0.25) is 0 Å². The maximum absolute atomic E-state index is 11.4. The zero-order chi connectivity index (χ0) is 13.2. The number of rotatable bonds is 4. The zero-order valence-corrected chi connectivity index (χ0v) is 12.6. The van der Waals surface area contributed by atoms with Crippen LogP contribution in [-0.4, -0.2) is 33.1 Å². The molecule has 2 rings (SSSR count). The molecule has 4 nitrogen and oxygen atoms in total. The largest absolute Gasteiger partial charge is 0.496 e. The summed E-state index contributed by atoms with van der Waals surface area (Å²) in [6, 6.07) is 5.85. The van der Waals surface area contributed by atoms with Crippen LogP contribution in [0.1, 0.15) is 12.0 Å². The average Bonchev–Trinajstić information content (AvgIpc) is 2.66. The van der Waals surface area contributed by atoms with E-state index in [1.54, 1.807) is 7.11 Å². The topological polar surface area (TPSA) is 55.4 Å². The molecule has 1 fully saturated rings. The Labute approximate surface area is 116 Å². The number of benzene rings is 1. The van der Waals surface area contributed by atoms with Gasteiger partial charge in [0.05, 0.1) is 18.6 Å². The van der Waals surface area contributed by atoms with Gasteiger partial charge in [0.15, 0.2) is 9.84 Å². The average molecular weight is 334 g/mol. The van der Waals surface area contributed by atoms with E-state index in [4.69, 9.17) is 4.74 Å². The van der Waals surface area contributed by atoms with Crippen LogP contribution in [0, 0.1) is 0 Å². The Bertz CT molecular complexity index is 530. The van der Waals surface area contributed by atoms with Crippen LogP contribution in [0.4, 0.5) is 0 Å². The number of hydrogen-bond acceptors (Lipinski definition) is 4. The Hall–Kier alpha value is -0.590. The normalized spacial score (nSPS) is 22.0. The lowest BCUT2D eigenvalue weighted by Gasteiger charge is -2.13. The van der Waals surface area contributed by atoms with Crippen molar-refractivity contribution in [3.63, 3.8) is 0 Å². The fourth-order valence-corrected chi connectivity index (χ4v) is 4.21. The van der Waals surface area contributed by atoms with Gasteiger partial charge in [-0.2, -0.15) is 0 Å². The summed E-state index contributed by atoms with van der Waals surface area (Å²) in [5.74, 6) is 1.34. The van der Waals surface area contributed by atoms with E-state index in [-0.39, 0.29) is 11.8 Å². The molecule has 0 aromatic heterocycles. The number of ether oxygens (including phenoxy) is 1. The van der Waals surface area contributed by atoms with Crippen LogP contribution in [0.3, 0.4) is 0 Å². The van der Waals surface area contributed by atoms with Crippen LogP contribution < -0.4 is 10.1 Å². The minimum atomic E-state index is -2.83. The Morgan fingerprint density at radius 1 is 1.50 bits per heavy atom.